The van der Waals surface area contributed by atoms with Crippen LogP contribution in [-0.4, -0.2) is 60.3 Å². The number of carbonyl (C=O) groups excluding carboxylic acids is 2. The monoisotopic (exact) mass is 421 g/mol. The second kappa shape index (κ2) is 22.2. The Balaban J connectivity index is 0. The van der Waals surface area contributed by atoms with Crippen molar-refractivity contribution in [2.24, 2.45) is 0 Å². The summed E-state index contributed by atoms with van der Waals surface area (Å²) in [7, 11) is 1.24. The Morgan fingerprint density at radius 1 is 0.690 bits per heavy atom. The molecule has 5 nitrogen and oxygen atoms in total. The average molecular weight is 422 g/mol. The van der Waals surface area contributed by atoms with E-state index in [0.717, 1.165) is 19.3 Å². The molecule has 0 spiro atoms. The van der Waals surface area contributed by atoms with Gasteiger partial charge in [-0.2, -0.15) is 0 Å². The zero-order chi connectivity index (χ0) is 21.0. The van der Waals surface area contributed by atoms with Crippen molar-refractivity contribution in [3.05, 3.63) is 11.3 Å². The van der Waals surface area contributed by atoms with Crippen LogP contribution in [0.1, 0.15) is 110 Å². The zero-order valence-electron chi connectivity index (χ0n) is 19.4. The van der Waals surface area contributed by atoms with Crippen molar-refractivity contribution in [1.29, 1.82) is 0 Å². The van der Waals surface area contributed by atoms with Crippen molar-refractivity contribution in [2.75, 3.05) is 13.7 Å². The first-order valence-corrected chi connectivity index (χ1v) is 11.3. The van der Waals surface area contributed by atoms with Crippen LogP contribution in [0.25, 0.3) is 0 Å². The van der Waals surface area contributed by atoms with Crippen LogP contribution in [0, 0.1) is 0 Å². The van der Waals surface area contributed by atoms with Crippen LogP contribution in [0.5, 0.6) is 0 Å². The maximum absolute atomic E-state index is 11.8. The van der Waals surface area contributed by atoms with Crippen molar-refractivity contribution in [1.82, 2.24) is 0 Å². The van der Waals surface area contributed by atoms with Crippen LogP contribution in [-0.2, 0) is 19.1 Å². The van der Waals surface area contributed by atoms with E-state index in [-0.39, 0.29) is 41.7 Å². The topological polar surface area (TPSA) is 72.8 Å². The number of hydrogen-bond donors (Lipinski definition) is 1. The van der Waals surface area contributed by atoms with Gasteiger partial charge in [0.25, 0.3) is 0 Å². The Labute approximate surface area is 200 Å². The van der Waals surface area contributed by atoms with E-state index in [2.05, 4.69) is 11.7 Å². The fourth-order valence-corrected chi connectivity index (χ4v) is 3.26. The molecule has 0 aliphatic rings. The van der Waals surface area contributed by atoms with Crippen LogP contribution in [0.15, 0.2) is 11.3 Å². The Bertz CT molecular complexity index is 449. The minimum Gasteiger partial charge on any atom is -0.501 e. The molecule has 165 valence electrons. The summed E-state index contributed by atoms with van der Waals surface area (Å²) in [5.41, 5.74) is 0.0138. The molecule has 0 bridgehead atoms. The van der Waals surface area contributed by atoms with Crippen molar-refractivity contribution < 1.29 is 24.2 Å². The Morgan fingerprint density at radius 3 is 1.48 bits per heavy atom. The van der Waals surface area contributed by atoms with E-state index in [4.69, 9.17) is 4.74 Å². The van der Waals surface area contributed by atoms with Gasteiger partial charge in [-0.15, -0.1) is 0 Å². The molecule has 0 saturated carbocycles. The zero-order valence-corrected chi connectivity index (χ0v) is 21.4. The van der Waals surface area contributed by atoms with E-state index >= 15 is 0 Å². The summed E-state index contributed by atoms with van der Waals surface area (Å²) in [5, 5.41) is 9.92. The fourth-order valence-electron chi connectivity index (χ4n) is 3.26. The van der Waals surface area contributed by atoms with Gasteiger partial charge in [0.15, 0.2) is 0 Å². The number of aliphatic hydroxyl groups is 1. The van der Waals surface area contributed by atoms with Gasteiger partial charge in [0.2, 0.25) is 5.76 Å². The van der Waals surface area contributed by atoms with Crippen LogP contribution in [0.3, 0.4) is 0 Å². The van der Waals surface area contributed by atoms with Gasteiger partial charge >= 0.3 is 11.9 Å². The molecule has 1 N–H and O–H groups in total. The van der Waals surface area contributed by atoms with Crippen LogP contribution in [0.2, 0.25) is 0 Å². The quantitative estimate of drug-likeness (QED) is 0.0962. The molecule has 0 atom stereocenters. The Hall–Kier alpha value is -0.520. The van der Waals surface area contributed by atoms with Gasteiger partial charge in [-0.3, -0.25) is 0 Å². The molecule has 0 aliphatic heterocycles. The van der Waals surface area contributed by atoms with Gasteiger partial charge in [0, 0.05) is 29.6 Å². The van der Waals surface area contributed by atoms with Gasteiger partial charge in [-0.25, -0.2) is 9.59 Å². The maximum atomic E-state index is 11.8. The second-order valence-corrected chi connectivity index (χ2v) is 7.39. The molecule has 0 rings (SSSR count). The third kappa shape index (κ3) is 16.9. The van der Waals surface area contributed by atoms with Crippen molar-refractivity contribution in [3.63, 3.8) is 0 Å². The van der Waals surface area contributed by atoms with E-state index in [1.807, 2.05) is 0 Å². The molecule has 6 heteroatoms. The Kier molecular flexibility index (Phi) is 23.4. The second-order valence-electron chi connectivity index (χ2n) is 7.39. The first kappa shape index (κ1) is 30.7. The minimum absolute atomic E-state index is 0. The third-order valence-electron chi connectivity index (χ3n) is 4.97. The van der Waals surface area contributed by atoms with Crippen molar-refractivity contribution >= 4 is 41.5 Å². The first-order valence-electron chi connectivity index (χ1n) is 11.3. The molecule has 0 aromatic heterocycles. The number of aliphatic hydroxyl groups excluding tert-OH is 1. The number of esters is 2. The van der Waals surface area contributed by atoms with E-state index in [1.165, 1.54) is 77.7 Å². The van der Waals surface area contributed by atoms with E-state index in [1.54, 1.807) is 6.92 Å². The molecule has 0 aliphatic carbocycles. The predicted octanol–water partition coefficient (Wildman–Crippen LogP) is 6.03. The Morgan fingerprint density at radius 2 is 1.10 bits per heavy atom. The average Bonchev–Trinajstić information content (AvgIpc) is 2.70. The SMILES string of the molecule is CCCCCCCCCCCCCCCC/C(C(=O)OC)=C(/O)C(=O)OCC.[Na]. The van der Waals surface area contributed by atoms with Crippen molar-refractivity contribution in [3.8, 4) is 0 Å². The maximum Gasteiger partial charge on any atom is 0.373 e. The van der Waals surface area contributed by atoms with Crippen LogP contribution >= 0.6 is 0 Å². The van der Waals surface area contributed by atoms with Crippen LogP contribution < -0.4 is 0 Å². The molecule has 0 heterocycles. The van der Waals surface area contributed by atoms with Crippen LogP contribution in [0.4, 0.5) is 0 Å². The standard InChI is InChI=1S/C23H42O5.Na/c1-4-6-7-8-9-10-11-12-13-14-15-16-17-18-19-20(22(25)27-3)21(24)23(26)28-5-2;/h24H,4-19H2,1-3H3;/b21-20-;. The molecular weight excluding hydrogens is 379 g/mol. The van der Waals surface area contributed by atoms with Gasteiger partial charge in [-0.1, -0.05) is 90.4 Å². The molecule has 0 amide bonds. The molecule has 0 aromatic carbocycles. The normalized spacial score (nSPS) is 11.4. The summed E-state index contributed by atoms with van der Waals surface area (Å²) in [6, 6.07) is 0. The number of ether oxygens (including phenoxy) is 2. The van der Waals surface area contributed by atoms with E-state index in [9.17, 15) is 14.7 Å². The molecule has 0 aromatic rings. The van der Waals surface area contributed by atoms with Crippen molar-refractivity contribution in [2.45, 2.75) is 110 Å². The van der Waals surface area contributed by atoms with E-state index < -0.39 is 17.7 Å². The molecule has 1 radical (unpaired) electrons. The molecular formula is C23H42NaO5. The predicted molar refractivity (Wildman–Crippen MR) is 119 cm³/mol. The third-order valence-corrected chi connectivity index (χ3v) is 4.97. The van der Waals surface area contributed by atoms with Gasteiger partial charge in [-0.05, 0) is 19.8 Å². The fraction of sp³-hybridized carbons (Fsp3) is 0.826. The van der Waals surface area contributed by atoms with Gasteiger partial charge in [0.1, 0.15) is 0 Å². The summed E-state index contributed by atoms with van der Waals surface area (Å²) in [6.45, 7) is 4.05. The number of carbonyl (C=O) groups is 2. The molecule has 0 unspecified atom stereocenters. The summed E-state index contributed by atoms with van der Waals surface area (Å²) >= 11 is 0. The molecule has 0 fully saturated rings. The summed E-state index contributed by atoms with van der Waals surface area (Å²) in [4.78, 5) is 23.4. The number of methoxy groups -OCH3 is 1. The van der Waals surface area contributed by atoms with E-state index in [0.29, 0.717) is 6.42 Å². The summed E-state index contributed by atoms with van der Waals surface area (Å²) in [6.07, 6.45) is 17.8. The number of rotatable bonds is 18. The number of unbranched alkanes of at least 4 members (excludes halogenated alkanes) is 13. The molecule has 0 saturated heterocycles. The largest absolute Gasteiger partial charge is 0.501 e. The number of hydrogen-bond acceptors (Lipinski definition) is 5. The first-order chi connectivity index (χ1) is 13.6. The smallest absolute Gasteiger partial charge is 0.373 e. The summed E-state index contributed by atoms with van der Waals surface area (Å²) < 4.78 is 9.42. The molecule has 29 heavy (non-hydrogen) atoms. The minimum atomic E-state index is -0.867. The summed E-state index contributed by atoms with van der Waals surface area (Å²) in [5.74, 6) is -2.16. The van der Waals surface area contributed by atoms with Gasteiger partial charge in [0.05, 0.1) is 19.3 Å². The van der Waals surface area contributed by atoms with Gasteiger partial charge < -0.3 is 14.6 Å².